The molecule has 1 saturated heterocycles. The SMILES string of the molecule is COc1c(CN2O[C@@H](CO)[C@@H]([C@H](C)O)[C@H]2C(=O)N[C@H]2C[C@@H]3C[C@H]([C@@H]2C)C3(C)C)ccc(Cl)c1-c1cc(C(=O)N[C@@H](CC(C)C)CN(C)C)cc(N(C)C)c1. The van der Waals surface area contributed by atoms with E-state index in [0.29, 0.717) is 56.7 Å². The van der Waals surface area contributed by atoms with Crippen LogP contribution in [-0.2, 0) is 16.2 Å². The first-order valence-electron chi connectivity index (χ1n) is 19.5. The number of nitrogens with one attached hydrogen (secondary N) is 2. The Bertz CT molecular complexity index is 1640. The molecule has 0 aromatic heterocycles. The van der Waals surface area contributed by atoms with Crippen LogP contribution in [0.25, 0.3) is 11.1 Å². The number of benzene rings is 2. The van der Waals surface area contributed by atoms with Gasteiger partial charge in [-0.2, -0.15) is 5.06 Å². The van der Waals surface area contributed by atoms with Crippen LogP contribution in [0.2, 0.25) is 5.02 Å². The summed E-state index contributed by atoms with van der Waals surface area (Å²) in [6.07, 6.45) is 1.26. The number of ether oxygens (including phenoxy) is 1. The molecule has 9 atom stereocenters. The Labute approximate surface area is 327 Å². The summed E-state index contributed by atoms with van der Waals surface area (Å²) in [6.45, 7) is 13.3. The van der Waals surface area contributed by atoms with Gasteiger partial charge in [0.2, 0.25) is 5.91 Å². The van der Waals surface area contributed by atoms with Gasteiger partial charge >= 0.3 is 0 Å². The Kier molecular flexibility index (Phi) is 13.3. The summed E-state index contributed by atoms with van der Waals surface area (Å²) in [6, 6.07) is 8.43. The maximum absolute atomic E-state index is 14.3. The van der Waals surface area contributed by atoms with E-state index in [0.717, 1.165) is 25.1 Å². The van der Waals surface area contributed by atoms with E-state index in [1.807, 2.05) is 57.4 Å². The first kappa shape index (κ1) is 42.2. The standard InChI is InChI=1S/C42H64ClN5O6/c1-23(2)14-30(21-46(7)8)44-40(51)28-15-27(16-31(17-28)47(9)10)37-33(43)13-12-26(39(37)53-11)20-48-38(36(25(4)50)35(22-49)54-48)41(52)45-34-19-29-18-32(24(34)3)42(29,5)6/h12-13,15-17,23-25,29-30,32,34-36,38,49-50H,14,18-22H2,1-11H3,(H,44,51)(H,45,52)/t24-,25-,29-,30-,32+,34-,35-,36+,38-/m0/s1. The van der Waals surface area contributed by atoms with Gasteiger partial charge in [0, 0.05) is 61.0 Å². The molecule has 11 nitrogen and oxygen atoms in total. The molecule has 54 heavy (non-hydrogen) atoms. The van der Waals surface area contributed by atoms with Crippen LogP contribution in [-0.4, -0.2) is 111 Å². The number of hydroxylamine groups is 2. The maximum atomic E-state index is 14.3. The van der Waals surface area contributed by atoms with Crippen molar-refractivity contribution in [3.8, 4) is 16.9 Å². The van der Waals surface area contributed by atoms with E-state index in [4.69, 9.17) is 21.2 Å². The number of hydrogen-bond acceptors (Lipinski definition) is 9. The second-order valence-electron chi connectivity index (χ2n) is 17.6. The predicted molar refractivity (Wildman–Crippen MR) is 215 cm³/mol. The van der Waals surface area contributed by atoms with Crippen molar-refractivity contribution in [1.82, 2.24) is 20.6 Å². The Balaban J connectivity index is 1.48. The van der Waals surface area contributed by atoms with Crippen molar-refractivity contribution in [2.24, 2.45) is 35.0 Å². The molecule has 3 saturated carbocycles. The van der Waals surface area contributed by atoms with Crippen molar-refractivity contribution < 1.29 is 29.4 Å². The van der Waals surface area contributed by atoms with Gasteiger partial charge < -0.3 is 35.4 Å². The number of methoxy groups -OCH3 is 1. The summed E-state index contributed by atoms with van der Waals surface area (Å²) in [5, 5.41) is 29.9. The number of fused-ring (bicyclic) bond motifs is 2. The van der Waals surface area contributed by atoms with Gasteiger partial charge in [-0.3, -0.25) is 14.4 Å². The van der Waals surface area contributed by atoms with Gasteiger partial charge in [-0.05, 0) is 99.2 Å². The second kappa shape index (κ2) is 17.1. The highest BCUT2D eigenvalue weighted by Gasteiger charge is 2.57. The number of carbonyl (C=O) groups is 2. The largest absolute Gasteiger partial charge is 0.496 e. The third kappa shape index (κ3) is 8.71. The summed E-state index contributed by atoms with van der Waals surface area (Å²) in [5.74, 6) is 1.25. The highest BCUT2D eigenvalue weighted by atomic mass is 35.5. The molecular weight excluding hydrogens is 706 g/mol. The Morgan fingerprint density at radius 2 is 1.81 bits per heavy atom. The number of hydrogen-bond donors (Lipinski definition) is 4. The minimum Gasteiger partial charge on any atom is -0.496 e. The molecule has 2 aromatic rings. The van der Waals surface area contributed by atoms with Crippen molar-refractivity contribution in [3.63, 3.8) is 0 Å². The minimum absolute atomic E-state index is 0.0227. The van der Waals surface area contributed by atoms with Crippen molar-refractivity contribution in [2.75, 3.05) is 53.4 Å². The van der Waals surface area contributed by atoms with Gasteiger partial charge in [0.25, 0.3) is 5.91 Å². The first-order valence-corrected chi connectivity index (χ1v) is 19.9. The molecule has 12 heteroatoms. The van der Waals surface area contributed by atoms with E-state index in [9.17, 15) is 19.8 Å². The maximum Gasteiger partial charge on any atom is 0.251 e. The molecule has 2 aromatic carbocycles. The number of likely N-dealkylation sites (N-methyl/N-ethyl adjacent to an activating group) is 1. The number of nitrogens with zero attached hydrogens (tertiary/aromatic N) is 3. The number of aliphatic hydroxyl groups is 2. The van der Waals surface area contributed by atoms with Crippen molar-refractivity contribution in [2.45, 2.75) is 97.7 Å². The van der Waals surface area contributed by atoms with Gasteiger partial charge in [-0.15, -0.1) is 0 Å². The molecule has 2 amide bonds. The topological polar surface area (TPSA) is 127 Å². The summed E-state index contributed by atoms with van der Waals surface area (Å²) in [4.78, 5) is 38.5. The Hall–Kier alpha value is -2.93. The van der Waals surface area contributed by atoms with Crippen LogP contribution < -0.4 is 20.3 Å². The lowest BCUT2D eigenvalue weighted by Gasteiger charge is -2.62. The molecule has 2 bridgehead atoms. The van der Waals surface area contributed by atoms with Crippen LogP contribution in [0.4, 0.5) is 5.69 Å². The fourth-order valence-electron chi connectivity index (χ4n) is 9.48. The molecule has 0 unspecified atom stereocenters. The molecule has 300 valence electrons. The minimum atomic E-state index is -0.919. The van der Waals surface area contributed by atoms with Crippen LogP contribution in [0.15, 0.2) is 30.3 Å². The van der Waals surface area contributed by atoms with E-state index in [-0.39, 0.29) is 42.5 Å². The van der Waals surface area contributed by atoms with Crippen LogP contribution in [0.3, 0.4) is 0 Å². The Morgan fingerprint density at radius 3 is 2.37 bits per heavy atom. The summed E-state index contributed by atoms with van der Waals surface area (Å²) in [7, 11) is 9.42. The fourth-order valence-corrected chi connectivity index (χ4v) is 9.74. The number of amides is 2. The average molecular weight is 770 g/mol. The molecular formula is C42H64ClN5O6. The smallest absolute Gasteiger partial charge is 0.251 e. The van der Waals surface area contributed by atoms with Crippen LogP contribution in [0.5, 0.6) is 5.75 Å². The number of aliphatic hydroxyl groups excluding tert-OH is 2. The normalized spacial score (nSPS) is 27.4. The van der Waals surface area contributed by atoms with Crippen LogP contribution in [0.1, 0.15) is 76.7 Å². The zero-order chi connectivity index (χ0) is 39.8. The zero-order valence-electron chi connectivity index (χ0n) is 34.1. The molecule has 1 aliphatic heterocycles. The summed E-state index contributed by atoms with van der Waals surface area (Å²) < 4.78 is 6.08. The van der Waals surface area contributed by atoms with Gasteiger partial charge in [0.15, 0.2) is 0 Å². The molecule has 4 N–H and O–H groups in total. The third-order valence-electron chi connectivity index (χ3n) is 12.4. The molecule has 3 aliphatic carbocycles. The summed E-state index contributed by atoms with van der Waals surface area (Å²) >= 11 is 6.97. The first-order chi connectivity index (χ1) is 25.4. The van der Waals surface area contributed by atoms with Gasteiger partial charge in [0.05, 0.1) is 31.4 Å². The molecule has 6 rings (SSSR count). The lowest BCUT2D eigenvalue weighted by molar-refractivity contribution is -0.183. The third-order valence-corrected chi connectivity index (χ3v) is 12.8. The van der Waals surface area contributed by atoms with E-state index in [1.165, 1.54) is 6.42 Å². The number of rotatable bonds is 15. The van der Waals surface area contributed by atoms with Gasteiger partial charge in [0.1, 0.15) is 17.9 Å². The molecule has 1 heterocycles. The number of anilines is 1. The van der Waals surface area contributed by atoms with E-state index < -0.39 is 24.2 Å². The van der Waals surface area contributed by atoms with Crippen LogP contribution in [0, 0.1) is 35.0 Å². The van der Waals surface area contributed by atoms with E-state index in [1.54, 1.807) is 25.2 Å². The van der Waals surface area contributed by atoms with Gasteiger partial charge in [-0.1, -0.05) is 52.3 Å². The monoisotopic (exact) mass is 769 g/mol. The number of carbonyl (C=O) groups excluding carboxylic acids is 2. The van der Waals surface area contributed by atoms with Crippen molar-refractivity contribution in [3.05, 3.63) is 46.5 Å². The zero-order valence-corrected chi connectivity index (χ0v) is 34.9. The van der Waals surface area contributed by atoms with E-state index >= 15 is 0 Å². The highest BCUT2D eigenvalue weighted by Crippen LogP contribution is 2.61. The molecule has 0 radical (unpaired) electrons. The predicted octanol–water partition coefficient (Wildman–Crippen LogP) is 5.45. The Morgan fingerprint density at radius 1 is 1.11 bits per heavy atom. The lowest BCUT2D eigenvalue weighted by atomic mass is 9.45. The lowest BCUT2D eigenvalue weighted by Crippen LogP contribution is -2.62. The molecule has 4 fully saturated rings. The summed E-state index contributed by atoms with van der Waals surface area (Å²) in [5.41, 5.74) is 3.58. The molecule has 4 aliphatic rings. The number of halogens is 1. The fraction of sp³-hybridized carbons (Fsp3) is 0.667. The average Bonchev–Trinajstić information content (AvgIpc) is 3.47. The van der Waals surface area contributed by atoms with E-state index in [2.05, 4.69) is 50.2 Å². The van der Waals surface area contributed by atoms with Gasteiger partial charge in [-0.25, -0.2) is 0 Å². The highest BCUT2D eigenvalue weighted by molar-refractivity contribution is 6.33. The van der Waals surface area contributed by atoms with Crippen LogP contribution >= 0.6 is 11.6 Å². The molecule has 0 spiro atoms. The quantitative estimate of drug-likeness (QED) is 0.187. The second-order valence-corrected chi connectivity index (χ2v) is 18.0. The van der Waals surface area contributed by atoms with Crippen molar-refractivity contribution in [1.29, 1.82) is 0 Å². The van der Waals surface area contributed by atoms with Crippen molar-refractivity contribution >= 4 is 29.1 Å².